The normalized spacial score (nSPS) is 24.7. The van der Waals surface area contributed by atoms with Crippen molar-refractivity contribution in [2.45, 2.75) is 64.3 Å². The van der Waals surface area contributed by atoms with E-state index in [9.17, 15) is 10.1 Å². The topological polar surface area (TPSA) is 56.1 Å². The van der Waals surface area contributed by atoms with E-state index >= 15 is 0 Å². The summed E-state index contributed by atoms with van der Waals surface area (Å²) in [6.45, 7) is 6.13. The van der Waals surface area contributed by atoms with Gasteiger partial charge in [-0.25, -0.2) is 0 Å². The number of piperidine rings is 1. The maximum atomic E-state index is 12.9. The third-order valence-electron chi connectivity index (χ3n) is 5.25. The zero-order valence-corrected chi connectivity index (χ0v) is 13.7. The number of nitrogens with zero attached hydrogens (tertiary/aromatic N) is 2. The number of amides is 1. The second-order valence-electron chi connectivity index (χ2n) is 7.54. The first kappa shape index (κ1) is 16.3. The number of hydrogen-bond donors (Lipinski definition) is 1. The molecule has 1 amide bonds. The third-order valence-corrected chi connectivity index (χ3v) is 5.25. The lowest BCUT2D eigenvalue weighted by molar-refractivity contribution is -0.133. The first-order valence-corrected chi connectivity index (χ1v) is 8.34. The molecule has 0 aromatic rings. The summed E-state index contributed by atoms with van der Waals surface area (Å²) in [5, 5.41) is 12.8. The van der Waals surface area contributed by atoms with Crippen LogP contribution in [0.1, 0.15) is 58.8 Å². The van der Waals surface area contributed by atoms with E-state index in [1.54, 1.807) is 0 Å². The molecule has 0 radical (unpaired) electrons. The van der Waals surface area contributed by atoms with Crippen molar-refractivity contribution in [3.63, 3.8) is 0 Å². The minimum Gasteiger partial charge on any atom is -0.337 e. The molecule has 1 N–H and O–H groups in total. The summed E-state index contributed by atoms with van der Waals surface area (Å²) in [6.07, 6.45) is 6.68. The maximum Gasteiger partial charge on any atom is 0.227 e. The van der Waals surface area contributed by atoms with Crippen LogP contribution in [0.4, 0.5) is 0 Å². The highest BCUT2D eigenvalue weighted by atomic mass is 16.2. The van der Waals surface area contributed by atoms with E-state index in [0.29, 0.717) is 5.92 Å². The van der Waals surface area contributed by atoms with Gasteiger partial charge in [-0.15, -0.1) is 0 Å². The van der Waals surface area contributed by atoms with E-state index in [0.717, 1.165) is 58.0 Å². The Morgan fingerprint density at radius 3 is 2.29 bits per heavy atom. The quantitative estimate of drug-likeness (QED) is 0.866. The average molecular weight is 291 g/mol. The van der Waals surface area contributed by atoms with Gasteiger partial charge >= 0.3 is 0 Å². The summed E-state index contributed by atoms with van der Waals surface area (Å²) < 4.78 is 0. The predicted molar refractivity (Wildman–Crippen MR) is 83.6 cm³/mol. The number of rotatable bonds is 4. The predicted octanol–water partition coefficient (Wildman–Crippen LogP) is 2.70. The molecule has 1 aliphatic heterocycles. The van der Waals surface area contributed by atoms with Crippen molar-refractivity contribution in [2.75, 3.05) is 20.1 Å². The van der Waals surface area contributed by atoms with Gasteiger partial charge < -0.3 is 10.2 Å². The Balaban J connectivity index is 2.09. The molecule has 0 atom stereocenters. The van der Waals surface area contributed by atoms with Gasteiger partial charge in [0.05, 0.1) is 6.07 Å². The third kappa shape index (κ3) is 3.58. The molecule has 0 spiro atoms. The minimum absolute atomic E-state index is 0.139. The number of nitrogens with one attached hydrogen (secondary N) is 1. The van der Waals surface area contributed by atoms with Crippen molar-refractivity contribution in [2.24, 2.45) is 11.3 Å². The van der Waals surface area contributed by atoms with Crippen molar-refractivity contribution in [1.29, 1.82) is 5.26 Å². The van der Waals surface area contributed by atoms with Gasteiger partial charge in [0, 0.05) is 18.5 Å². The molecule has 21 heavy (non-hydrogen) atoms. The van der Waals surface area contributed by atoms with E-state index in [2.05, 4.69) is 37.2 Å². The molecule has 1 saturated carbocycles. The van der Waals surface area contributed by atoms with Crippen LogP contribution in [-0.4, -0.2) is 36.5 Å². The van der Waals surface area contributed by atoms with Crippen LogP contribution in [0.3, 0.4) is 0 Å². The zero-order chi connectivity index (χ0) is 15.5. The lowest BCUT2D eigenvalue weighted by atomic mass is 9.76. The number of hydrogen-bond acceptors (Lipinski definition) is 3. The molecule has 4 heteroatoms. The lowest BCUT2D eigenvalue weighted by Gasteiger charge is -2.39. The fraction of sp³-hybridized carbons (Fsp3) is 0.882. The van der Waals surface area contributed by atoms with Crippen LogP contribution in [-0.2, 0) is 4.79 Å². The van der Waals surface area contributed by atoms with Crippen LogP contribution in [0.25, 0.3) is 0 Å². The van der Waals surface area contributed by atoms with E-state index in [1.807, 2.05) is 0 Å². The molecular weight excluding hydrogens is 262 g/mol. The van der Waals surface area contributed by atoms with Gasteiger partial charge in [-0.1, -0.05) is 26.7 Å². The van der Waals surface area contributed by atoms with Crippen molar-refractivity contribution in [1.82, 2.24) is 10.2 Å². The molecule has 0 bridgehead atoms. The molecule has 0 aromatic heterocycles. The SMILES string of the molecule is CC(C)CC1(C(=O)NC2(C#N)CCN(C)CC2)CCCC1. The van der Waals surface area contributed by atoms with Gasteiger partial charge in [0.25, 0.3) is 0 Å². The zero-order valence-electron chi connectivity index (χ0n) is 13.7. The Labute approximate surface area is 128 Å². The largest absolute Gasteiger partial charge is 0.337 e. The van der Waals surface area contributed by atoms with Gasteiger partial charge in [0.2, 0.25) is 5.91 Å². The molecule has 118 valence electrons. The van der Waals surface area contributed by atoms with Crippen LogP contribution >= 0.6 is 0 Å². The van der Waals surface area contributed by atoms with Gasteiger partial charge in [-0.05, 0) is 45.1 Å². The molecule has 2 rings (SSSR count). The smallest absolute Gasteiger partial charge is 0.227 e. The Bertz CT molecular complexity index is 410. The summed E-state index contributed by atoms with van der Waals surface area (Å²) in [7, 11) is 2.07. The molecule has 2 aliphatic rings. The fourth-order valence-electron chi connectivity index (χ4n) is 3.97. The van der Waals surface area contributed by atoms with Gasteiger partial charge in [0.15, 0.2) is 0 Å². The second-order valence-corrected chi connectivity index (χ2v) is 7.54. The molecule has 4 nitrogen and oxygen atoms in total. The maximum absolute atomic E-state index is 12.9. The van der Waals surface area contributed by atoms with Crippen molar-refractivity contribution in [3.8, 4) is 6.07 Å². The Morgan fingerprint density at radius 2 is 1.81 bits per heavy atom. The summed E-state index contributed by atoms with van der Waals surface area (Å²) >= 11 is 0. The second kappa shape index (κ2) is 6.36. The van der Waals surface area contributed by atoms with E-state index < -0.39 is 5.54 Å². The monoisotopic (exact) mass is 291 g/mol. The molecule has 2 fully saturated rings. The minimum atomic E-state index is -0.643. The number of carbonyl (C=O) groups excluding carboxylic acids is 1. The summed E-state index contributed by atoms with van der Waals surface area (Å²) in [4.78, 5) is 15.2. The van der Waals surface area contributed by atoms with Crippen LogP contribution in [0.2, 0.25) is 0 Å². The highest BCUT2D eigenvalue weighted by Gasteiger charge is 2.45. The van der Waals surface area contributed by atoms with Crippen molar-refractivity contribution < 1.29 is 4.79 Å². The van der Waals surface area contributed by atoms with E-state index in [4.69, 9.17) is 0 Å². The summed E-state index contributed by atoms with van der Waals surface area (Å²) in [5.74, 6) is 0.657. The molecule has 1 saturated heterocycles. The fourth-order valence-corrected chi connectivity index (χ4v) is 3.97. The van der Waals surface area contributed by atoms with Crippen LogP contribution in [0, 0.1) is 22.7 Å². The van der Waals surface area contributed by atoms with Crippen LogP contribution in [0.15, 0.2) is 0 Å². The first-order chi connectivity index (χ1) is 9.91. The summed E-state index contributed by atoms with van der Waals surface area (Å²) in [5.41, 5.74) is -0.864. The van der Waals surface area contributed by atoms with Crippen molar-refractivity contribution >= 4 is 5.91 Å². The molecular formula is C17H29N3O. The Morgan fingerprint density at radius 1 is 1.24 bits per heavy atom. The summed E-state index contributed by atoms with van der Waals surface area (Å²) in [6, 6.07) is 2.40. The number of carbonyl (C=O) groups is 1. The Hall–Kier alpha value is -1.08. The van der Waals surface area contributed by atoms with E-state index in [-0.39, 0.29) is 11.3 Å². The van der Waals surface area contributed by atoms with Gasteiger partial charge in [-0.2, -0.15) is 5.26 Å². The Kier molecular flexibility index (Phi) is 4.93. The van der Waals surface area contributed by atoms with E-state index in [1.165, 1.54) is 0 Å². The highest BCUT2D eigenvalue weighted by molar-refractivity contribution is 5.84. The number of nitriles is 1. The highest BCUT2D eigenvalue weighted by Crippen LogP contribution is 2.44. The standard InChI is InChI=1S/C17H29N3O/c1-14(2)12-16(6-4-5-7-16)15(21)19-17(13-18)8-10-20(3)11-9-17/h14H,4-12H2,1-3H3,(H,19,21). The lowest BCUT2D eigenvalue weighted by Crippen LogP contribution is -2.57. The van der Waals surface area contributed by atoms with Crippen LogP contribution < -0.4 is 5.32 Å². The van der Waals surface area contributed by atoms with Crippen LogP contribution in [0.5, 0.6) is 0 Å². The van der Waals surface area contributed by atoms with Gasteiger partial charge in [0.1, 0.15) is 5.54 Å². The number of likely N-dealkylation sites (tertiary alicyclic amines) is 1. The molecule has 0 unspecified atom stereocenters. The van der Waals surface area contributed by atoms with Gasteiger partial charge in [-0.3, -0.25) is 4.79 Å². The molecule has 1 aliphatic carbocycles. The molecule has 0 aromatic carbocycles. The van der Waals surface area contributed by atoms with Crippen molar-refractivity contribution in [3.05, 3.63) is 0 Å². The average Bonchev–Trinajstić information content (AvgIpc) is 2.90. The molecule has 1 heterocycles. The first-order valence-electron chi connectivity index (χ1n) is 8.34.